The standard InChI is InChI=1S/C24H23F3/c1-2-5-17-11-14-21-20-7-4-3-6-16(20)10-15-22(21)23(17)18-8-12-19(13-9-18)24(25,26)27/h3-4,6-10,12-13,15,17,23H,2,5,11,14H2,1H3/t17-,23-/m1/s1. The Bertz CT molecular complexity index is 938. The highest BCUT2D eigenvalue weighted by Crippen LogP contribution is 2.45. The molecule has 0 N–H and O–H groups in total. The highest BCUT2D eigenvalue weighted by Gasteiger charge is 2.33. The topological polar surface area (TPSA) is 0 Å². The smallest absolute Gasteiger partial charge is 0.166 e. The van der Waals surface area contributed by atoms with Crippen LogP contribution in [-0.4, -0.2) is 0 Å². The first-order chi connectivity index (χ1) is 13.0. The van der Waals surface area contributed by atoms with Crippen LogP contribution in [0.3, 0.4) is 0 Å². The Kier molecular flexibility index (Phi) is 4.71. The van der Waals surface area contributed by atoms with Crippen molar-refractivity contribution in [3.05, 3.63) is 82.9 Å². The molecule has 140 valence electrons. The van der Waals surface area contributed by atoms with Crippen LogP contribution < -0.4 is 0 Å². The van der Waals surface area contributed by atoms with Gasteiger partial charge in [0.1, 0.15) is 0 Å². The van der Waals surface area contributed by atoms with E-state index in [1.807, 2.05) is 6.07 Å². The lowest BCUT2D eigenvalue weighted by Gasteiger charge is -2.35. The van der Waals surface area contributed by atoms with E-state index in [-0.39, 0.29) is 5.92 Å². The molecule has 0 bridgehead atoms. The van der Waals surface area contributed by atoms with Crippen molar-refractivity contribution in [1.29, 1.82) is 0 Å². The summed E-state index contributed by atoms with van der Waals surface area (Å²) >= 11 is 0. The number of benzene rings is 3. The summed E-state index contributed by atoms with van der Waals surface area (Å²) < 4.78 is 38.9. The Morgan fingerprint density at radius 2 is 1.67 bits per heavy atom. The van der Waals surface area contributed by atoms with E-state index in [9.17, 15) is 13.2 Å². The van der Waals surface area contributed by atoms with Crippen LogP contribution in [0.1, 0.15) is 54.4 Å². The van der Waals surface area contributed by atoms with Crippen LogP contribution in [0.4, 0.5) is 13.2 Å². The van der Waals surface area contributed by atoms with E-state index >= 15 is 0 Å². The van der Waals surface area contributed by atoms with E-state index in [4.69, 9.17) is 0 Å². The van der Waals surface area contributed by atoms with E-state index in [1.54, 1.807) is 12.1 Å². The number of alkyl halides is 3. The highest BCUT2D eigenvalue weighted by atomic mass is 19.4. The molecule has 0 aromatic heterocycles. The van der Waals surface area contributed by atoms with Crippen molar-refractivity contribution in [3.8, 4) is 0 Å². The lowest BCUT2D eigenvalue weighted by Crippen LogP contribution is -2.22. The molecule has 4 rings (SSSR count). The average molecular weight is 368 g/mol. The van der Waals surface area contributed by atoms with Crippen LogP contribution in [0.5, 0.6) is 0 Å². The fraction of sp³-hybridized carbons (Fsp3) is 0.333. The quantitative estimate of drug-likeness (QED) is 0.453. The third-order valence-corrected chi connectivity index (χ3v) is 5.91. The van der Waals surface area contributed by atoms with Gasteiger partial charge < -0.3 is 0 Å². The van der Waals surface area contributed by atoms with Gasteiger partial charge in [-0.1, -0.05) is 61.9 Å². The van der Waals surface area contributed by atoms with Crippen molar-refractivity contribution in [3.63, 3.8) is 0 Å². The molecule has 0 spiro atoms. The molecule has 2 atom stereocenters. The molecule has 0 saturated heterocycles. The van der Waals surface area contributed by atoms with Crippen molar-refractivity contribution in [2.45, 2.75) is 44.7 Å². The number of hydrogen-bond donors (Lipinski definition) is 0. The zero-order valence-corrected chi connectivity index (χ0v) is 15.4. The first-order valence-corrected chi connectivity index (χ1v) is 9.66. The normalized spacial score (nSPS) is 19.9. The predicted octanol–water partition coefficient (Wildman–Crippen LogP) is 7.35. The molecule has 0 heterocycles. The van der Waals surface area contributed by atoms with Crippen molar-refractivity contribution < 1.29 is 13.2 Å². The minimum atomic E-state index is -4.29. The van der Waals surface area contributed by atoms with Crippen molar-refractivity contribution in [2.75, 3.05) is 0 Å². The summed E-state index contributed by atoms with van der Waals surface area (Å²) in [6.07, 6.45) is 0.0176. The van der Waals surface area contributed by atoms with Gasteiger partial charge in [0.2, 0.25) is 0 Å². The van der Waals surface area contributed by atoms with E-state index in [1.165, 1.54) is 34.0 Å². The summed E-state index contributed by atoms with van der Waals surface area (Å²) in [6, 6.07) is 18.6. The Morgan fingerprint density at radius 3 is 2.37 bits per heavy atom. The molecule has 3 aromatic rings. The Hall–Kier alpha value is -2.29. The first-order valence-electron chi connectivity index (χ1n) is 9.66. The summed E-state index contributed by atoms with van der Waals surface area (Å²) in [6.45, 7) is 2.18. The molecule has 0 nitrogen and oxygen atoms in total. The molecule has 3 heteroatoms. The Morgan fingerprint density at radius 1 is 0.926 bits per heavy atom. The zero-order chi connectivity index (χ0) is 19.0. The second-order valence-electron chi connectivity index (χ2n) is 7.54. The van der Waals surface area contributed by atoms with E-state index in [0.29, 0.717) is 5.92 Å². The Balaban J connectivity index is 1.83. The van der Waals surface area contributed by atoms with Gasteiger partial charge in [0.05, 0.1) is 5.56 Å². The summed E-state index contributed by atoms with van der Waals surface area (Å²) in [5, 5.41) is 2.51. The van der Waals surface area contributed by atoms with Gasteiger partial charge in [0.15, 0.2) is 0 Å². The van der Waals surface area contributed by atoms with E-state index in [0.717, 1.165) is 31.2 Å². The van der Waals surface area contributed by atoms with Crippen LogP contribution >= 0.6 is 0 Å². The Labute approximate surface area is 158 Å². The third kappa shape index (κ3) is 3.36. The van der Waals surface area contributed by atoms with Gasteiger partial charge in [-0.15, -0.1) is 0 Å². The van der Waals surface area contributed by atoms with Crippen molar-refractivity contribution in [2.24, 2.45) is 5.92 Å². The molecular weight excluding hydrogens is 345 g/mol. The monoisotopic (exact) mass is 368 g/mol. The van der Waals surface area contributed by atoms with Crippen molar-refractivity contribution >= 4 is 10.8 Å². The van der Waals surface area contributed by atoms with Crippen LogP contribution in [-0.2, 0) is 12.6 Å². The van der Waals surface area contributed by atoms with Gasteiger partial charge in [0.25, 0.3) is 0 Å². The van der Waals surface area contributed by atoms with Gasteiger partial charge >= 0.3 is 6.18 Å². The molecule has 3 aromatic carbocycles. The van der Waals surface area contributed by atoms with E-state index in [2.05, 4.69) is 37.3 Å². The van der Waals surface area contributed by atoms with Crippen molar-refractivity contribution in [1.82, 2.24) is 0 Å². The molecule has 1 aliphatic carbocycles. The molecule has 0 unspecified atom stereocenters. The van der Waals surface area contributed by atoms with Gasteiger partial charge in [0, 0.05) is 5.92 Å². The maximum Gasteiger partial charge on any atom is 0.416 e. The summed E-state index contributed by atoms with van der Waals surface area (Å²) in [5.74, 6) is 0.640. The zero-order valence-electron chi connectivity index (χ0n) is 15.4. The minimum Gasteiger partial charge on any atom is -0.166 e. The molecule has 0 amide bonds. The van der Waals surface area contributed by atoms with Crippen LogP contribution in [0.25, 0.3) is 10.8 Å². The minimum absolute atomic E-state index is 0.167. The number of rotatable bonds is 3. The second-order valence-corrected chi connectivity index (χ2v) is 7.54. The molecule has 0 saturated carbocycles. The lowest BCUT2D eigenvalue weighted by atomic mass is 9.69. The van der Waals surface area contributed by atoms with Crippen LogP contribution in [0, 0.1) is 5.92 Å². The average Bonchev–Trinajstić information content (AvgIpc) is 2.67. The number of aryl methyl sites for hydroxylation is 1. The summed E-state index contributed by atoms with van der Waals surface area (Å²) in [5.41, 5.74) is 3.08. The van der Waals surface area contributed by atoms with Gasteiger partial charge in [-0.3, -0.25) is 0 Å². The number of fused-ring (bicyclic) bond motifs is 3. The second kappa shape index (κ2) is 7.03. The molecule has 0 radical (unpaired) electrons. The van der Waals surface area contributed by atoms with Crippen LogP contribution in [0.2, 0.25) is 0 Å². The number of halogens is 3. The summed E-state index contributed by atoms with van der Waals surface area (Å²) in [7, 11) is 0. The lowest BCUT2D eigenvalue weighted by molar-refractivity contribution is -0.137. The fourth-order valence-electron chi connectivity index (χ4n) is 4.69. The van der Waals surface area contributed by atoms with Gasteiger partial charge in [-0.25, -0.2) is 0 Å². The van der Waals surface area contributed by atoms with E-state index < -0.39 is 11.7 Å². The molecule has 1 aliphatic rings. The highest BCUT2D eigenvalue weighted by molar-refractivity contribution is 5.87. The largest absolute Gasteiger partial charge is 0.416 e. The molecule has 27 heavy (non-hydrogen) atoms. The maximum atomic E-state index is 13.0. The van der Waals surface area contributed by atoms with Gasteiger partial charge in [-0.2, -0.15) is 13.2 Å². The molecule has 0 fully saturated rings. The van der Waals surface area contributed by atoms with Gasteiger partial charge in [-0.05, 0) is 64.8 Å². The number of hydrogen-bond acceptors (Lipinski definition) is 0. The maximum absolute atomic E-state index is 13.0. The molecule has 0 aliphatic heterocycles. The molecular formula is C24H23F3. The first kappa shape index (κ1) is 18.1. The SMILES string of the molecule is CCC[C@@H]1CCc2c(ccc3ccccc23)[C@H]1c1ccc(C(F)(F)F)cc1. The fourth-order valence-corrected chi connectivity index (χ4v) is 4.69. The van der Waals surface area contributed by atoms with Crippen LogP contribution in [0.15, 0.2) is 60.7 Å². The third-order valence-electron chi connectivity index (χ3n) is 5.91. The summed E-state index contributed by atoms with van der Waals surface area (Å²) in [4.78, 5) is 0. The predicted molar refractivity (Wildman–Crippen MR) is 104 cm³/mol.